The Hall–Kier alpha value is -2.08. The van der Waals surface area contributed by atoms with Crippen molar-refractivity contribution < 1.29 is 9.59 Å². The Labute approximate surface area is 175 Å². The molecule has 3 rings (SSSR count). The highest BCUT2D eigenvalue weighted by Crippen LogP contribution is 2.25. The molecule has 1 N–H and O–H groups in total. The zero-order valence-electron chi connectivity index (χ0n) is 18.2. The number of likely N-dealkylation sites (N-methyl/N-ethyl adjacent to an activating group) is 1. The third kappa shape index (κ3) is 5.72. The monoisotopic (exact) mass is 400 g/mol. The molecule has 2 aliphatic rings. The maximum Gasteiger partial charge on any atom is 0.227 e. The number of nitrogens with zero attached hydrogens (tertiary/aromatic N) is 3. The van der Waals surface area contributed by atoms with Crippen LogP contribution in [0, 0.1) is 5.92 Å². The SMILES string of the molecule is CCCCC(=O)N1CCC(C(=O)Nc2ccc(N3CCC(N(C)C)C3)cc2)CC1. The maximum absolute atomic E-state index is 12.6. The summed E-state index contributed by atoms with van der Waals surface area (Å²) in [5.41, 5.74) is 2.06. The van der Waals surface area contributed by atoms with Crippen LogP contribution in [0.5, 0.6) is 0 Å². The molecule has 0 aromatic heterocycles. The predicted octanol–water partition coefficient (Wildman–Crippen LogP) is 3.19. The Morgan fingerprint density at radius 2 is 1.76 bits per heavy atom. The second kappa shape index (κ2) is 10.1. The molecule has 2 heterocycles. The second-order valence-corrected chi connectivity index (χ2v) is 8.65. The summed E-state index contributed by atoms with van der Waals surface area (Å²) < 4.78 is 0. The summed E-state index contributed by atoms with van der Waals surface area (Å²) in [6.45, 7) is 5.61. The van der Waals surface area contributed by atoms with Crippen LogP contribution in [0.4, 0.5) is 11.4 Å². The van der Waals surface area contributed by atoms with Crippen molar-refractivity contribution in [2.45, 2.75) is 51.5 Å². The first-order chi connectivity index (χ1) is 14.0. The average molecular weight is 401 g/mol. The van der Waals surface area contributed by atoms with Crippen LogP contribution in [-0.2, 0) is 9.59 Å². The van der Waals surface area contributed by atoms with Gasteiger partial charge in [0.05, 0.1) is 0 Å². The Bertz CT molecular complexity index is 681. The van der Waals surface area contributed by atoms with E-state index in [0.717, 1.165) is 44.5 Å². The van der Waals surface area contributed by atoms with Gasteiger partial charge in [0, 0.05) is 55.9 Å². The number of likely N-dealkylation sites (tertiary alicyclic amines) is 1. The molecule has 1 unspecified atom stereocenters. The van der Waals surface area contributed by atoms with Crippen molar-refractivity contribution in [2.75, 3.05) is 50.5 Å². The number of piperidine rings is 1. The predicted molar refractivity (Wildman–Crippen MR) is 118 cm³/mol. The van der Waals surface area contributed by atoms with E-state index in [2.05, 4.69) is 48.3 Å². The second-order valence-electron chi connectivity index (χ2n) is 8.65. The highest BCUT2D eigenvalue weighted by Gasteiger charge is 2.27. The van der Waals surface area contributed by atoms with Crippen molar-refractivity contribution in [3.63, 3.8) is 0 Å². The van der Waals surface area contributed by atoms with Crippen LogP contribution in [0.15, 0.2) is 24.3 Å². The van der Waals surface area contributed by atoms with E-state index in [1.807, 2.05) is 17.0 Å². The van der Waals surface area contributed by atoms with Crippen LogP contribution in [0.25, 0.3) is 0 Å². The van der Waals surface area contributed by atoms with Gasteiger partial charge in [-0.1, -0.05) is 13.3 Å². The van der Waals surface area contributed by atoms with Crippen molar-refractivity contribution in [3.05, 3.63) is 24.3 Å². The van der Waals surface area contributed by atoms with Crippen LogP contribution in [0.2, 0.25) is 0 Å². The minimum atomic E-state index is -0.00988. The number of carbonyl (C=O) groups excluding carboxylic acids is 2. The maximum atomic E-state index is 12.6. The number of carbonyl (C=O) groups is 2. The van der Waals surface area contributed by atoms with Gasteiger partial charge in [-0.25, -0.2) is 0 Å². The summed E-state index contributed by atoms with van der Waals surface area (Å²) in [6.07, 6.45) is 5.31. The van der Waals surface area contributed by atoms with Crippen LogP contribution in [0.3, 0.4) is 0 Å². The summed E-state index contributed by atoms with van der Waals surface area (Å²) in [6, 6.07) is 8.80. The fourth-order valence-electron chi connectivity index (χ4n) is 4.27. The van der Waals surface area contributed by atoms with Crippen molar-refractivity contribution in [1.82, 2.24) is 9.80 Å². The lowest BCUT2D eigenvalue weighted by molar-refractivity contribution is -0.134. The summed E-state index contributed by atoms with van der Waals surface area (Å²) >= 11 is 0. The van der Waals surface area contributed by atoms with Gasteiger partial charge in [-0.2, -0.15) is 0 Å². The van der Waals surface area contributed by atoms with Crippen LogP contribution < -0.4 is 10.2 Å². The zero-order valence-corrected chi connectivity index (χ0v) is 18.2. The number of benzene rings is 1. The average Bonchev–Trinajstić information content (AvgIpc) is 3.23. The first-order valence-corrected chi connectivity index (χ1v) is 11.1. The molecule has 1 atom stereocenters. The van der Waals surface area contributed by atoms with Gasteiger partial charge in [0.2, 0.25) is 11.8 Å². The van der Waals surface area contributed by atoms with E-state index < -0.39 is 0 Å². The molecule has 0 radical (unpaired) electrons. The van der Waals surface area contributed by atoms with Crippen LogP contribution >= 0.6 is 0 Å². The van der Waals surface area contributed by atoms with Gasteiger partial charge in [0.25, 0.3) is 0 Å². The Balaban J connectivity index is 1.46. The van der Waals surface area contributed by atoms with Gasteiger partial charge in [-0.3, -0.25) is 9.59 Å². The molecule has 160 valence electrons. The number of rotatable bonds is 7. The first kappa shape index (κ1) is 21.6. The largest absolute Gasteiger partial charge is 0.370 e. The normalized spacial score (nSPS) is 20.3. The van der Waals surface area contributed by atoms with E-state index in [4.69, 9.17) is 0 Å². The minimum absolute atomic E-state index is 0.00988. The van der Waals surface area contributed by atoms with Gasteiger partial charge in [-0.05, 0) is 64.0 Å². The highest BCUT2D eigenvalue weighted by molar-refractivity contribution is 5.93. The van der Waals surface area contributed by atoms with Gasteiger partial charge in [-0.15, -0.1) is 0 Å². The van der Waals surface area contributed by atoms with E-state index in [1.54, 1.807) is 0 Å². The quantitative estimate of drug-likeness (QED) is 0.764. The standard InChI is InChI=1S/C23H36N4O2/c1-4-5-6-22(28)26-14-11-18(12-15-26)23(29)24-19-7-9-20(10-8-19)27-16-13-21(17-27)25(2)3/h7-10,18,21H,4-6,11-17H2,1-3H3,(H,24,29). The van der Waals surface area contributed by atoms with Gasteiger partial charge in [0.1, 0.15) is 0 Å². The van der Waals surface area contributed by atoms with Crippen LogP contribution in [0.1, 0.15) is 45.4 Å². The van der Waals surface area contributed by atoms with E-state index in [9.17, 15) is 9.59 Å². The molecule has 2 saturated heterocycles. The molecular formula is C23H36N4O2. The molecule has 1 aromatic carbocycles. The van der Waals surface area contributed by atoms with E-state index >= 15 is 0 Å². The topological polar surface area (TPSA) is 55.9 Å². The van der Waals surface area contributed by atoms with Crippen molar-refractivity contribution in [2.24, 2.45) is 5.92 Å². The molecule has 0 bridgehead atoms. The Kier molecular flexibility index (Phi) is 7.53. The molecule has 6 heteroatoms. The minimum Gasteiger partial charge on any atom is -0.370 e. The molecule has 0 aliphatic carbocycles. The molecule has 29 heavy (non-hydrogen) atoms. The van der Waals surface area contributed by atoms with Gasteiger partial charge >= 0.3 is 0 Å². The fourth-order valence-corrected chi connectivity index (χ4v) is 4.27. The van der Waals surface area contributed by atoms with Crippen molar-refractivity contribution in [3.8, 4) is 0 Å². The summed E-state index contributed by atoms with van der Waals surface area (Å²) in [5, 5.41) is 3.07. The number of anilines is 2. The lowest BCUT2D eigenvalue weighted by atomic mass is 9.95. The molecule has 2 amide bonds. The Morgan fingerprint density at radius 1 is 1.07 bits per heavy atom. The number of hydrogen-bond donors (Lipinski definition) is 1. The zero-order chi connectivity index (χ0) is 20.8. The van der Waals surface area contributed by atoms with Crippen molar-refractivity contribution in [1.29, 1.82) is 0 Å². The Morgan fingerprint density at radius 3 is 2.34 bits per heavy atom. The van der Waals surface area contributed by atoms with Gasteiger partial charge < -0.3 is 20.0 Å². The molecule has 6 nitrogen and oxygen atoms in total. The van der Waals surface area contributed by atoms with E-state index in [1.165, 1.54) is 12.1 Å². The summed E-state index contributed by atoms with van der Waals surface area (Å²) in [7, 11) is 4.27. The first-order valence-electron chi connectivity index (χ1n) is 11.1. The molecule has 2 aliphatic heterocycles. The lowest BCUT2D eigenvalue weighted by Gasteiger charge is -2.31. The lowest BCUT2D eigenvalue weighted by Crippen LogP contribution is -2.41. The number of unbranched alkanes of at least 4 members (excludes halogenated alkanes) is 1. The summed E-state index contributed by atoms with van der Waals surface area (Å²) in [5.74, 6) is 0.302. The highest BCUT2D eigenvalue weighted by atomic mass is 16.2. The third-order valence-electron chi connectivity index (χ3n) is 6.36. The fraction of sp³-hybridized carbons (Fsp3) is 0.652. The summed E-state index contributed by atoms with van der Waals surface area (Å²) in [4.78, 5) is 31.4. The molecule has 0 spiro atoms. The van der Waals surface area contributed by atoms with Crippen molar-refractivity contribution >= 4 is 23.2 Å². The third-order valence-corrected chi connectivity index (χ3v) is 6.36. The van der Waals surface area contributed by atoms with Crippen LogP contribution in [-0.4, -0.2) is 67.9 Å². The number of amides is 2. The molecular weight excluding hydrogens is 364 g/mol. The molecule has 2 fully saturated rings. The van der Waals surface area contributed by atoms with Gasteiger partial charge in [0.15, 0.2) is 0 Å². The molecule has 1 aromatic rings. The number of hydrogen-bond acceptors (Lipinski definition) is 4. The number of nitrogens with one attached hydrogen (secondary N) is 1. The smallest absolute Gasteiger partial charge is 0.227 e. The molecule has 0 saturated carbocycles. The van der Waals surface area contributed by atoms with E-state index in [0.29, 0.717) is 25.6 Å². The van der Waals surface area contributed by atoms with E-state index in [-0.39, 0.29) is 17.7 Å².